The summed E-state index contributed by atoms with van der Waals surface area (Å²) in [7, 11) is -0.843. The summed E-state index contributed by atoms with van der Waals surface area (Å²) in [5.41, 5.74) is 3.43. The van der Waals surface area contributed by atoms with Crippen LogP contribution in [0.3, 0.4) is 0 Å². The smallest absolute Gasteiger partial charge is 0.306 e. The molecule has 12 heteroatoms. The summed E-state index contributed by atoms with van der Waals surface area (Å²) < 4.78 is 41.6. The van der Waals surface area contributed by atoms with E-state index in [0.29, 0.717) is 41.3 Å². The van der Waals surface area contributed by atoms with Crippen LogP contribution in [0.5, 0.6) is 11.5 Å². The molecule has 0 bridgehead atoms. The third kappa shape index (κ3) is 6.70. The number of carbonyl (C=O) groups is 2. The average Bonchev–Trinajstić information content (AvgIpc) is 3.76. The molecule has 0 spiro atoms. The largest absolute Gasteiger partial charge is 0.493 e. The molecule has 2 atom stereocenters. The Morgan fingerprint density at radius 2 is 1.56 bits per heavy atom. The molecule has 1 fully saturated rings. The minimum Gasteiger partial charge on any atom is -0.493 e. The molecule has 0 N–H and O–H groups in total. The highest BCUT2D eigenvalue weighted by Gasteiger charge is 2.43. The second-order valence-electron chi connectivity index (χ2n) is 11.8. The number of hydrogen-bond donors (Lipinski definition) is 0. The topological polar surface area (TPSA) is 106 Å². The molecule has 252 valence electrons. The predicted octanol–water partition coefficient (Wildman–Crippen LogP) is 6.17. The summed E-state index contributed by atoms with van der Waals surface area (Å²) in [5, 5.41) is 1.67. The summed E-state index contributed by atoms with van der Waals surface area (Å²) in [6.07, 6.45) is 0.539. The Morgan fingerprint density at radius 3 is 2.25 bits per heavy atom. The molecule has 0 aliphatic carbocycles. The molecule has 3 heterocycles. The molecule has 0 radical (unpaired) electrons. The SMILES string of the molecule is COc1ccc([C@H](CCCOS(=O)(=O)c2cccs2)N2C(=O)c3cccc(N4CCN([C@H](C)c5ccccc5)CC4)c3C2=O)cc1OC. The molecule has 3 aromatic carbocycles. The summed E-state index contributed by atoms with van der Waals surface area (Å²) in [6.45, 7) is 5.16. The van der Waals surface area contributed by atoms with Gasteiger partial charge in [0.15, 0.2) is 11.5 Å². The van der Waals surface area contributed by atoms with Gasteiger partial charge in [0.2, 0.25) is 0 Å². The maximum absolute atomic E-state index is 14.4. The van der Waals surface area contributed by atoms with Gasteiger partial charge in [-0.1, -0.05) is 48.5 Å². The highest BCUT2D eigenvalue weighted by atomic mass is 32.3. The summed E-state index contributed by atoms with van der Waals surface area (Å²) in [5.74, 6) is 0.199. The first-order valence-corrected chi connectivity index (χ1v) is 18.2. The molecule has 4 aromatic rings. The highest BCUT2D eigenvalue weighted by Crippen LogP contribution is 2.41. The van der Waals surface area contributed by atoms with Crippen molar-refractivity contribution in [1.29, 1.82) is 0 Å². The molecule has 1 aromatic heterocycles. The van der Waals surface area contributed by atoms with E-state index in [-0.39, 0.29) is 41.5 Å². The summed E-state index contributed by atoms with van der Waals surface area (Å²) in [4.78, 5) is 34.4. The van der Waals surface area contributed by atoms with Gasteiger partial charge in [0.05, 0.1) is 43.7 Å². The molecule has 2 amide bonds. The molecular formula is C36H39N3O7S2. The van der Waals surface area contributed by atoms with E-state index in [1.807, 2.05) is 18.2 Å². The van der Waals surface area contributed by atoms with Gasteiger partial charge >= 0.3 is 10.1 Å². The van der Waals surface area contributed by atoms with E-state index in [1.54, 1.807) is 35.7 Å². The molecule has 1 saturated heterocycles. The number of hydrogen-bond acceptors (Lipinski definition) is 10. The summed E-state index contributed by atoms with van der Waals surface area (Å²) >= 11 is 1.08. The lowest BCUT2D eigenvalue weighted by Gasteiger charge is -2.39. The number of rotatable bonds is 13. The fourth-order valence-corrected chi connectivity index (χ4v) is 8.47. The number of anilines is 1. The van der Waals surface area contributed by atoms with Gasteiger partial charge in [-0.25, -0.2) is 0 Å². The van der Waals surface area contributed by atoms with Crippen LogP contribution in [0.4, 0.5) is 5.69 Å². The van der Waals surface area contributed by atoms with Crippen molar-refractivity contribution >= 4 is 39.0 Å². The third-order valence-corrected chi connectivity index (χ3v) is 11.8. The van der Waals surface area contributed by atoms with Crippen molar-refractivity contribution in [3.63, 3.8) is 0 Å². The van der Waals surface area contributed by atoms with Crippen LogP contribution >= 0.6 is 11.3 Å². The van der Waals surface area contributed by atoms with Gasteiger partial charge in [0, 0.05) is 32.2 Å². The van der Waals surface area contributed by atoms with Crippen LogP contribution in [0.1, 0.15) is 63.7 Å². The Kier molecular flexibility index (Phi) is 10.2. The molecule has 10 nitrogen and oxygen atoms in total. The number of amides is 2. The molecule has 48 heavy (non-hydrogen) atoms. The minimum absolute atomic E-state index is 0.107. The van der Waals surface area contributed by atoms with Crippen molar-refractivity contribution in [2.24, 2.45) is 0 Å². The lowest BCUT2D eigenvalue weighted by molar-refractivity contribution is 0.0568. The molecule has 6 rings (SSSR count). The van der Waals surface area contributed by atoms with Crippen LogP contribution in [-0.2, 0) is 14.3 Å². The van der Waals surface area contributed by atoms with E-state index in [0.717, 1.165) is 30.1 Å². The Bertz CT molecular complexity index is 1860. The van der Waals surface area contributed by atoms with Crippen molar-refractivity contribution in [3.05, 3.63) is 106 Å². The number of imide groups is 1. The number of methoxy groups -OCH3 is 2. The zero-order chi connectivity index (χ0) is 33.8. The Hall–Kier alpha value is -4.23. The maximum atomic E-state index is 14.4. The highest BCUT2D eigenvalue weighted by molar-refractivity contribution is 7.89. The average molecular weight is 690 g/mol. The van der Waals surface area contributed by atoms with Crippen LogP contribution < -0.4 is 14.4 Å². The first kappa shape index (κ1) is 33.7. The van der Waals surface area contributed by atoms with Crippen molar-refractivity contribution in [1.82, 2.24) is 9.80 Å². The van der Waals surface area contributed by atoms with Crippen LogP contribution in [0.15, 0.2) is 88.5 Å². The Labute approximate surface area is 285 Å². The second-order valence-corrected chi connectivity index (χ2v) is 14.6. The monoisotopic (exact) mass is 689 g/mol. The number of ether oxygens (including phenoxy) is 2. The molecule has 0 saturated carbocycles. The quantitative estimate of drug-likeness (QED) is 0.0926. The lowest BCUT2D eigenvalue weighted by Crippen LogP contribution is -2.47. The van der Waals surface area contributed by atoms with Crippen molar-refractivity contribution in [2.75, 3.05) is 51.9 Å². The number of piperazine rings is 1. The van der Waals surface area contributed by atoms with Crippen molar-refractivity contribution in [2.45, 2.75) is 36.1 Å². The van der Waals surface area contributed by atoms with E-state index in [9.17, 15) is 18.0 Å². The van der Waals surface area contributed by atoms with Gasteiger partial charge in [-0.15, -0.1) is 11.3 Å². The van der Waals surface area contributed by atoms with Crippen molar-refractivity contribution in [3.8, 4) is 11.5 Å². The molecule has 0 unspecified atom stereocenters. The van der Waals surface area contributed by atoms with Gasteiger partial charge < -0.3 is 14.4 Å². The molecule has 2 aliphatic rings. The first-order valence-electron chi connectivity index (χ1n) is 15.9. The van der Waals surface area contributed by atoms with Gasteiger partial charge in [0.25, 0.3) is 11.8 Å². The molecular weight excluding hydrogens is 651 g/mol. The number of nitrogens with zero attached hydrogens (tertiary/aromatic N) is 3. The number of thiophene rings is 1. The lowest BCUT2D eigenvalue weighted by atomic mass is 9.99. The van der Waals surface area contributed by atoms with Crippen LogP contribution in [0.2, 0.25) is 0 Å². The van der Waals surface area contributed by atoms with Crippen molar-refractivity contribution < 1.29 is 31.7 Å². The Balaban J connectivity index is 1.24. The van der Waals surface area contributed by atoms with Crippen LogP contribution in [-0.4, -0.2) is 77.0 Å². The normalized spacial score (nSPS) is 16.6. The third-order valence-electron chi connectivity index (χ3n) is 9.11. The fourth-order valence-electron chi connectivity index (χ4n) is 6.54. The van der Waals surface area contributed by atoms with Gasteiger partial charge in [-0.05, 0) is 66.6 Å². The fraction of sp³-hybridized carbons (Fsp3) is 0.333. The number of fused-ring (bicyclic) bond motifs is 1. The number of carbonyl (C=O) groups excluding carboxylic acids is 2. The van der Waals surface area contributed by atoms with Gasteiger partial charge in [-0.2, -0.15) is 8.42 Å². The standard InChI is InChI=1S/C36H39N3O7S2/c1-25(26-10-5-4-6-11-26)37-18-20-38(21-19-37)30-13-7-12-28-34(30)36(41)39(35(28)40)29(27-16-17-31(44-2)32(24-27)45-3)14-8-22-46-48(42,43)33-15-9-23-47-33/h4-7,9-13,15-17,23-25,29H,8,14,18-22H2,1-3H3/t25-,29+/m1/s1. The Morgan fingerprint density at radius 1 is 0.812 bits per heavy atom. The zero-order valence-corrected chi connectivity index (χ0v) is 28.8. The maximum Gasteiger partial charge on any atom is 0.306 e. The van der Waals surface area contributed by atoms with Crippen LogP contribution in [0, 0.1) is 0 Å². The van der Waals surface area contributed by atoms with Gasteiger partial charge in [-0.3, -0.25) is 23.6 Å². The van der Waals surface area contributed by atoms with E-state index < -0.39 is 16.2 Å². The molecule has 2 aliphatic heterocycles. The second kappa shape index (κ2) is 14.5. The van der Waals surface area contributed by atoms with E-state index in [1.165, 1.54) is 30.7 Å². The van der Waals surface area contributed by atoms with E-state index >= 15 is 0 Å². The zero-order valence-electron chi connectivity index (χ0n) is 27.2. The first-order chi connectivity index (χ1) is 23.2. The van der Waals surface area contributed by atoms with E-state index in [4.69, 9.17) is 13.7 Å². The number of benzene rings is 3. The van der Waals surface area contributed by atoms with Gasteiger partial charge in [0.1, 0.15) is 4.21 Å². The van der Waals surface area contributed by atoms with E-state index in [2.05, 4.69) is 41.0 Å². The minimum atomic E-state index is -3.90. The summed E-state index contributed by atoms with van der Waals surface area (Å²) in [6, 6.07) is 23.8. The van der Waals surface area contributed by atoms with Crippen LogP contribution in [0.25, 0.3) is 0 Å². The predicted molar refractivity (Wildman–Crippen MR) is 185 cm³/mol.